The molecule has 1 heterocycles. The van der Waals surface area contributed by atoms with Gasteiger partial charge in [0.2, 0.25) is 0 Å². The standard InChI is InChI=1S/C20H22BrN3/c1-13-18(21)19(24-23-13)14-6-5-7-17(12-14)22-16-10-8-15(9-11-16)20(2,3)4/h5-12,22H,1-4H3,(H,23,24). The van der Waals surface area contributed by atoms with E-state index in [0.717, 1.165) is 32.8 Å². The quantitative estimate of drug-likeness (QED) is 0.565. The molecule has 0 aliphatic rings. The summed E-state index contributed by atoms with van der Waals surface area (Å²) in [6.07, 6.45) is 0. The largest absolute Gasteiger partial charge is 0.356 e. The number of anilines is 2. The van der Waals surface area contributed by atoms with Gasteiger partial charge in [-0.3, -0.25) is 5.10 Å². The van der Waals surface area contributed by atoms with Crippen molar-refractivity contribution >= 4 is 27.3 Å². The Hall–Kier alpha value is -2.07. The Kier molecular flexibility index (Phi) is 4.50. The SMILES string of the molecule is Cc1[nH]nc(-c2cccc(Nc3ccc(C(C)(C)C)cc3)c2)c1Br. The minimum Gasteiger partial charge on any atom is -0.356 e. The van der Waals surface area contributed by atoms with Gasteiger partial charge >= 0.3 is 0 Å². The molecule has 0 atom stereocenters. The van der Waals surface area contributed by atoms with Crippen LogP contribution in [0.5, 0.6) is 0 Å². The Morgan fingerprint density at radius 1 is 1.00 bits per heavy atom. The highest BCUT2D eigenvalue weighted by Crippen LogP contribution is 2.31. The zero-order valence-corrected chi connectivity index (χ0v) is 16.0. The van der Waals surface area contributed by atoms with Crippen molar-refractivity contribution in [1.29, 1.82) is 0 Å². The molecular formula is C20H22BrN3. The summed E-state index contributed by atoms with van der Waals surface area (Å²) in [7, 11) is 0. The molecule has 3 rings (SSSR count). The summed E-state index contributed by atoms with van der Waals surface area (Å²) in [6.45, 7) is 8.67. The van der Waals surface area contributed by atoms with Gasteiger partial charge in [-0.25, -0.2) is 0 Å². The first-order valence-corrected chi connectivity index (χ1v) is 8.82. The number of aromatic nitrogens is 2. The highest BCUT2D eigenvalue weighted by atomic mass is 79.9. The van der Waals surface area contributed by atoms with E-state index in [2.05, 4.69) is 94.7 Å². The molecule has 0 amide bonds. The predicted octanol–water partition coefficient (Wildman–Crippen LogP) is 6.19. The molecule has 0 unspecified atom stereocenters. The van der Waals surface area contributed by atoms with E-state index in [1.54, 1.807) is 0 Å². The maximum atomic E-state index is 4.37. The average Bonchev–Trinajstić information content (AvgIpc) is 2.87. The number of hydrogen-bond donors (Lipinski definition) is 2. The lowest BCUT2D eigenvalue weighted by molar-refractivity contribution is 0.590. The van der Waals surface area contributed by atoms with Gasteiger partial charge in [0.25, 0.3) is 0 Å². The van der Waals surface area contributed by atoms with Crippen LogP contribution < -0.4 is 5.32 Å². The molecule has 0 saturated carbocycles. The van der Waals surface area contributed by atoms with E-state index in [9.17, 15) is 0 Å². The van der Waals surface area contributed by atoms with E-state index in [1.807, 2.05) is 13.0 Å². The summed E-state index contributed by atoms with van der Waals surface area (Å²) in [5.74, 6) is 0. The monoisotopic (exact) mass is 383 g/mol. The van der Waals surface area contributed by atoms with E-state index in [-0.39, 0.29) is 5.41 Å². The zero-order valence-electron chi connectivity index (χ0n) is 14.4. The fourth-order valence-electron chi connectivity index (χ4n) is 2.57. The summed E-state index contributed by atoms with van der Waals surface area (Å²) in [5.41, 5.74) is 6.66. The van der Waals surface area contributed by atoms with Crippen molar-refractivity contribution in [3.8, 4) is 11.3 Å². The van der Waals surface area contributed by atoms with Crippen LogP contribution in [-0.4, -0.2) is 10.2 Å². The third kappa shape index (κ3) is 3.54. The van der Waals surface area contributed by atoms with Crippen LogP contribution >= 0.6 is 15.9 Å². The highest BCUT2D eigenvalue weighted by Gasteiger charge is 2.13. The van der Waals surface area contributed by atoms with Crippen LogP contribution in [0.2, 0.25) is 0 Å². The number of nitrogens with one attached hydrogen (secondary N) is 2. The normalized spacial score (nSPS) is 11.5. The molecule has 0 radical (unpaired) electrons. The molecule has 0 spiro atoms. The van der Waals surface area contributed by atoms with Gasteiger partial charge in [0, 0.05) is 22.6 Å². The highest BCUT2D eigenvalue weighted by molar-refractivity contribution is 9.10. The minimum atomic E-state index is 0.169. The van der Waals surface area contributed by atoms with Crippen molar-refractivity contribution in [2.24, 2.45) is 0 Å². The third-order valence-corrected chi connectivity index (χ3v) is 5.02. The fourth-order valence-corrected chi connectivity index (χ4v) is 2.98. The maximum Gasteiger partial charge on any atom is 0.107 e. The second-order valence-electron chi connectivity index (χ2n) is 7.04. The third-order valence-electron chi connectivity index (χ3n) is 4.05. The smallest absolute Gasteiger partial charge is 0.107 e. The summed E-state index contributed by atoms with van der Waals surface area (Å²) in [4.78, 5) is 0. The predicted molar refractivity (Wildman–Crippen MR) is 105 cm³/mol. The molecule has 0 saturated heterocycles. The van der Waals surface area contributed by atoms with Crippen LogP contribution in [0.4, 0.5) is 11.4 Å². The summed E-state index contributed by atoms with van der Waals surface area (Å²) >= 11 is 3.59. The average molecular weight is 384 g/mol. The Bertz CT molecular complexity index is 842. The topological polar surface area (TPSA) is 40.7 Å². The van der Waals surface area contributed by atoms with E-state index in [4.69, 9.17) is 0 Å². The van der Waals surface area contributed by atoms with Crippen LogP contribution in [-0.2, 0) is 5.41 Å². The molecular weight excluding hydrogens is 362 g/mol. The van der Waals surface area contributed by atoms with Gasteiger partial charge in [-0.15, -0.1) is 0 Å². The number of H-pyrrole nitrogens is 1. The number of aromatic amines is 1. The second kappa shape index (κ2) is 6.44. The van der Waals surface area contributed by atoms with E-state index in [0.29, 0.717) is 0 Å². The lowest BCUT2D eigenvalue weighted by Crippen LogP contribution is -2.10. The van der Waals surface area contributed by atoms with E-state index < -0.39 is 0 Å². The Morgan fingerprint density at radius 2 is 1.71 bits per heavy atom. The lowest BCUT2D eigenvalue weighted by Gasteiger charge is -2.19. The molecule has 0 aliphatic carbocycles. The van der Waals surface area contributed by atoms with Crippen LogP contribution in [0.3, 0.4) is 0 Å². The van der Waals surface area contributed by atoms with E-state index in [1.165, 1.54) is 5.56 Å². The Balaban J connectivity index is 1.84. The Morgan fingerprint density at radius 3 is 2.29 bits per heavy atom. The van der Waals surface area contributed by atoms with Crippen molar-refractivity contribution in [2.45, 2.75) is 33.1 Å². The van der Waals surface area contributed by atoms with Gasteiger partial charge in [0.1, 0.15) is 5.69 Å². The number of aryl methyl sites for hydroxylation is 1. The van der Waals surface area contributed by atoms with Crippen molar-refractivity contribution in [3.63, 3.8) is 0 Å². The molecule has 3 nitrogen and oxygen atoms in total. The first-order chi connectivity index (χ1) is 11.3. The lowest BCUT2D eigenvalue weighted by atomic mass is 9.87. The maximum absolute atomic E-state index is 4.37. The molecule has 124 valence electrons. The van der Waals surface area contributed by atoms with Crippen LogP contribution in [0.1, 0.15) is 32.0 Å². The molecule has 4 heteroatoms. The molecule has 0 fully saturated rings. The molecule has 0 aliphatic heterocycles. The summed E-state index contributed by atoms with van der Waals surface area (Å²) in [5, 5.41) is 10.8. The first-order valence-electron chi connectivity index (χ1n) is 8.03. The minimum absolute atomic E-state index is 0.169. The molecule has 1 aromatic heterocycles. The second-order valence-corrected chi connectivity index (χ2v) is 7.84. The first kappa shape index (κ1) is 16.8. The number of halogens is 1. The molecule has 2 N–H and O–H groups in total. The van der Waals surface area contributed by atoms with Gasteiger partial charge in [-0.2, -0.15) is 5.10 Å². The fraction of sp³-hybridized carbons (Fsp3) is 0.250. The number of hydrogen-bond acceptors (Lipinski definition) is 2. The summed E-state index contributed by atoms with van der Waals surface area (Å²) < 4.78 is 1.01. The van der Waals surface area contributed by atoms with Crippen molar-refractivity contribution in [1.82, 2.24) is 10.2 Å². The molecule has 0 bridgehead atoms. The molecule has 24 heavy (non-hydrogen) atoms. The van der Waals surface area contributed by atoms with Crippen LogP contribution in [0.15, 0.2) is 53.0 Å². The van der Waals surface area contributed by atoms with Crippen molar-refractivity contribution < 1.29 is 0 Å². The van der Waals surface area contributed by atoms with Crippen LogP contribution in [0, 0.1) is 6.92 Å². The Labute approximate surface area is 151 Å². The van der Waals surface area contributed by atoms with Gasteiger partial charge in [-0.1, -0.05) is 45.0 Å². The number of benzene rings is 2. The number of rotatable bonds is 3. The zero-order chi connectivity index (χ0) is 17.3. The molecule has 2 aromatic carbocycles. The molecule has 3 aromatic rings. The number of nitrogens with zero attached hydrogens (tertiary/aromatic N) is 1. The van der Waals surface area contributed by atoms with E-state index >= 15 is 0 Å². The van der Waals surface area contributed by atoms with Crippen LogP contribution in [0.25, 0.3) is 11.3 Å². The van der Waals surface area contributed by atoms with Crippen molar-refractivity contribution in [3.05, 3.63) is 64.3 Å². The van der Waals surface area contributed by atoms with Crippen molar-refractivity contribution in [2.75, 3.05) is 5.32 Å². The summed E-state index contributed by atoms with van der Waals surface area (Å²) in [6, 6.07) is 16.9. The van der Waals surface area contributed by atoms with Gasteiger partial charge < -0.3 is 5.32 Å². The van der Waals surface area contributed by atoms with Gasteiger partial charge in [-0.05, 0) is 58.1 Å². The van der Waals surface area contributed by atoms with Gasteiger partial charge in [0.15, 0.2) is 0 Å². The van der Waals surface area contributed by atoms with Gasteiger partial charge in [0.05, 0.1) is 4.47 Å².